The zero-order valence-electron chi connectivity index (χ0n) is 12.7. The number of carbonyl (C=O) groups excluding carboxylic acids is 1. The van der Waals surface area contributed by atoms with Crippen LogP contribution in [0, 0.1) is 5.92 Å². The third-order valence-corrected chi connectivity index (χ3v) is 3.50. The number of nitrogens with one attached hydrogen (secondary N) is 2. The SMILES string of the molecule is CCC(CNC(=O)c1ccccc1CCNC)CC(=O)O. The van der Waals surface area contributed by atoms with Gasteiger partial charge in [-0.25, -0.2) is 0 Å². The van der Waals surface area contributed by atoms with Crippen LogP contribution in [0.4, 0.5) is 0 Å². The lowest BCUT2D eigenvalue weighted by Crippen LogP contribution is -2.31. The van der Waals surface area contributed by atoms with Crippen molar-refractivity contribution in [3.8, 4) is 0 Å². The molecule has 0 saturated carbocycles. The zero-order chi connectivity index (χ0) is 15.7. The molecular formula is C16H24N2O3. The molecule has 0 aromatic heterocycles. The Kier molecular flexibility index (Phi) is 7.46. The van der Waals surface area contributed by atoms with E-state index in [2.05, 4.69) is 10.6 Å². The summed E-state index contributed by atoms with van der Waals surface area (Å²) in [6.07, 6.45) is 1.60. The molecule has 116 valence electrons. The fourth-order valence-electron chi connectivity index (χ4n) is 2.16. The standard InChI is InChI=1S/C16H24N2O3/c1-3-12(10-15(19)20)11-18-16(21)14-7-5-4-6-13(14)8-9-17-2/h4-7,12,17H,3,8-11H2,1-2H3,(H,18,21)(H,19,20). The predicted molar refractivity (Wildman–Crippen MR) is 82.4 cm³/mol. The number of rotatable bonds is 9. The summed E-state index contributed by atoms with van der Waals surface area (Å²) in [7, 11) is 1.88. The Morgan fingerprint density at radius 2 is 2.00 bits per heavy atom. The molecule has 5 heteroatoms. The van der Waals surface area contributed by atoms with Crippen molar-refractivity contribution in [2.75, 3.05) is 20.1 Å². The summed E-state index contributed by atoms with van der Waals surface area (Å²) >= 11 is 0. The number of carboxylic acid groups (broad SMARTS) is 1. The number of hydrogen-bond acceptors (Lipinski definition) is 3. The van der Waals surface area contributed by atoms with E-state index in [0.717, 1.165) is 24.9 Å². The van der Waals surface area contributed by atoms with Crippen LogP contribution in [-0.4, -0.2) is 37.1 Å². The Labute approximate surface area is 125 Å². The molecule has 0 aliphatic heterocycles. The first kappa shape index (κ1) is 17.2. The van der Waals surface area contributed by atoms with Crippen LogP contribution >= 0.6 is 0 Å². The van der Waals surface area contributed by atoms with Crippen molar-refractivity contribution in [1.29, 1.82) is 0 Å². The van der Waals surface area contributed by atoms with E-state index in [4.69, 9.17) is 5.11 Å². The second-order valence-corrected chi connectivity index (χ2v) is 5.09. The Balaban J connectivity index is 2.64. The topological polar surface area (TPSA) is 78.4 Å². The van der Waals surface area contributed by atoms with Crippen LogP contribution in [0.5, 0.6) is 0 Å². The molecule has 0 spiro atoms. The first-order valence-electron chi connectivity index (χ1n) is 7.31. The quantitative estimate of drug-likeness (QED) is 0.647. The van der Waals surface area contributed by atoms with Crippen molar-refractivity contribution in [2.24, 2.45) is 5.92 Å². The van der Waals surface area contributed by atoms with Gasteiger partial charge < -0.3 is 15.7 Å². The molecule has 1 aromatic carbocycles. The molecule has 1 rings (SSSR count). The Hall–Kier alpha value is -1.88. The highest BCUT2D eigenvalue weighted by Crippen LogP contribution is 2.11. The molecule has 0 saturated heterocycles. The second kappa shape index (κ2) is 9.13. The van der Waals surface area contributed by atoms with Crippen LogP contribution in [0.2, 0.25) is 0 Å². The van der Waals surface area contributed by atoms with E-state index < -0.39 is 5.97 Å². The molecule has 0 aliphatic carbocycles. The molecule has 0 radical (unpaired) electrons. The van der Waals surface area contributed by atoms with E-state index in [1.54, 1.807) is 6.07 Å². The van der Waals surface area contributed by atoms with Crippen LogP contribution < -0.4 is 10.6 Å². The Bertz CT molecular complexity index is 474. The maximum atomic E-state index is 12.3. The van der Waals surface area contributed by atoms with Crippen LogP contribution in [0.25, 0.3) is 0 Å². The van der Waals surface area contributed by atoms with Gasteiger partial charge in [-0.2, -0.15) is 0 Å². The van der Waals surface area contributed by atoms with Crippen molar-refractivity contribution < 1.29 is 14.7 Å². The van der Waals surface area contributed by atoms with Crippen LogP contribution in [-0.2, 0) is 11.2 Å². The Morgan fingerprint density at radius 1 is 1.29 bits per heavy atom. The summed E-state index contributed by atoms with van der Waals surface area (Å²) in [6.45, 7) is 3.13. The van der Waals surface area contributed by atoms with Gasteiger partial charge >= 0.3 is 5.97 Å². The molecule has 1 unspecified atom stereocenters. The van der Waals surface area contributed by atoms with Gasteiger partial charge in [-0.05, 0) is 37.6 Å². The first-order valence-corrected chi connectivity index (χ1v) is 7.31. The van der Waals surface area contributed by atoms with Gasteiger partial charge in [0.1, 0.15) is 0 Å². The summed E-state index contributed by atoms with van der Waals surface area (Å²) < 4.78 is 0. The van der Waals surface area contributed by atoms with Gasteiger partial charge in [0, 0.05) is 18.5 Å². The second-order valence-electron chi connectivity index (χ2n) is 5.09. The highest BCUT2D eigenvalue weighted by Gasteiger charge is 2.15. The minimum atomic E-state index is -0.828. The highest BCUT2D eigenvalue weighted by atomic mass is 16.4. The predicted octanol–water partition coefficient (Wildman–Crippen LogP) is 1.68. The Morgan fingerprint density at radius 3 is 2.62 bits per heavy atom. The molecule has 5 nitrogen and oxygen atoms in total. The normalized spacial score (nSPS) is 11.9. The number of benzene rings is 1. The van der Waals surface area contributed by atoms with Crippen molar-refractivity contribution in [3.05, 3.63) is 35.4 Å². The molecule has 1 amide bonds. The number of hydrogen-bond donors (Lipinski definition) is 3. The van der Waals surface area contributed by atoms with Crippen molar-refractivity contribution in [2.45, 2.75) is 26.2 Å². The number of likely N-dealkylation sites (N-methyl/N-ethyl adjacent to an activating group) is 1. The lowest BCUT2D eigenvalue weighted by Gasteiger charge is -2.15. The third-order valence-electron chi connectivity index (χ3n) is 3.50. The highest BCUT2D eigenvalue weighted by molar-refractivity contribution is 5.95. The maximum Gasteiger partial charge on any atom is 0.303 e. The van der Waals surface area contributed by atoms with E-state index in [1.807, 2.05) is 32.2 Å². The zero-order valence-corrected chi connectivity index (χ0v) is 12.7. The van der Waals surface area contributed by atoms with E-state index in [1.165, 1.54) is 0 Å². The molecular weight excluding hydrogens is 268 g/mol. The summed E-state index contributed by atoms with van der Waals surface area (Å²) in [6, 6.07) is 7.51. The smallest absolute Gasteiger partial charge is 0.303 e. The van der Waals surface area contributed by atoms with Gasteiger partial charge in [-0.3, -0.25) is 9.59 Å². The van der Waals surface area contributed by atoms with Crippen molar-refractivity contribution >= 4 is 11.9 Å². The van der Waals surface area contributed by atoms with Crippen LogP contribution in [0.1, 0.15) is 35.7 Å². The number of aliphatic carboxylic acids is 1. The van der Waals surface area contributed by atoms with Gasteiger partial charge in [0.05, 0.1) is 0 Å². The molecule has 0 aliphatic rings. The summed E-state index contributed by atoms with van der Waals surface area (Å²) in [5, 5.41) is 14.7. The lowest BCUT2D eigenvalue weighted by atomic mass is 10.0. The molecule has 0 fully saturated rings. The number of carbonyl (C=O) groups is 2. The van der Waals surface area contributed by atoms with Gasteiger partial charge in [0.2, 0.25) is 0 Å². The molecule has 1 aromatic rings. The first-order chi connectivity index (χ1) is 10.1. The van der Waals surface area contributed by atoms with Crippen molar-refractivity contribution in [3.63, 3.8) is 0 Å². The number of amides is 1. The maximum absolute atomic E-state index is 12.3. The van der Waals surface area contributed by atoms with E-state index in [9.17, 15) is 9.59 Å². The van der Waals surface area contributed by atoms with E-state index in [-0.39, 0.29) is 18.2 Å². The molecule has 21 heavy (non-hydrogen) atoms. The average molecular weight is 292 g/mol. The molecule has 0 bridgehead atoms. The van der Waals surface area contributed by atoms with Crippen LogP contribution in [0.3, 0.4) is 0 Å². The number of carboxylic acids is 1. The third kappa shape index (κ3) is 5.95. The summed E-state index contributed by atoms with van der Waals surface area (Å²) in [5.74, 6) is -0.994. The van der Waals surface area contributed by atoms with Gasteiger partial charge in [0.25, 0.3) is 5.91 Å². The van der Waals surface area contributed by atoms with Gasteiger partial charge in [-0.15, -0.1) is 0 Å². The summed E-state index contributed by atoms with van der Waals surface area (Å²) in [5.41, 5.74) is 1.66. The van der Waals surface area contributed by atoms with Gasteiger partial charge in [0.15, 0.2) is 0 Å². The monoisotopic (exact) mass is 292 g/mol. The van der Waals surface area contributed by atoms with Gasteiger partial charge in [-0.1, -0.05) is 31.5 Å². The fourth-order valence-corrected chi connectivity index (χ4v) is 2.16. The van der Waals surface area contributed by atoms with E-state index in [0.29, 0.717) is 12.1 Å². The average Bonchev–Trinajstić information content (AvgIpc) is 2.48. The summed E-state index contributed by atoms with van der Waals surface area (Å²) in [4.78, 5) is 23.0. The molecule has 3 N–H and O–H groups in total. The van der Waals surface area contributed by atoms with E-state index >= 15 is 0 Å². The largest absolute Gasteiger partial charge is 0.481 e. The minimum absolute atomic E-state index is 0.0316. The molecule has 0 heterocycles. The van der Waals surface area contributed by atoms with Crippen LogP contribution in [0.15, 0.2) is 24.3 Å². The fraction of sp³-hybridized carbons (Fsp3) is 0.500. The van der Waals surface area contributed by atoms with Crippen molar-refractivity contribution in [1.82, 2.24) is 10.6 Å². The molecule has 1 atom stereocenters. The lowest BCUT2D eigenvalue weighted by molar-refractivity contribution is -0.138. The minimum Gasteiger partial charge on any atom is -0.481 e.